The standard InChI is InChI=1S/C8H14N8/c1(3-5-15-7-9-11-13-15)2-4-6-16-8-10-12-14-16/h7-8H,1-6H2. The molecule has 0 N–H and O–H groups in total. The predicted molar refractivity (Wildman–Crippen MR) is 54.1 cm³/mol. The van der Waals surface area contributed by atoms with Crippen LogP contribution in [-0.4, -0.2) is 40.4 Å². The first-order valence-electron chi connectivity index (χ1n) is 5.37. The lowest BCUT2D eigenvalue weighted by molar-refractivity contribution is 0.490. The van der Waals surface area contributed by atoms with Crippen LogP contribution in [0.5, 0.6) is 0 Å². The highest BCUT2D eigenvalue weighted by atomic mass is 15.5. The molecule has 2 rings (SSSR count). The summed E-state index contributed by atoms with van der Waals surface area (Å²) in [6.45, 7) is 1.77. The molecular weight excluding hydrogens is 208 g/mol. The lowest BCUT2D eigenvalue weighted by atomic mass is 10.2. The van der Waals surface area contributed by atoms with E-state index in [-0.39, 0.29) is 0 Å². The highest BCUT2D eigenvalue weighted by Crippen LogP contribution is 2.02. The van der Waals surface area contributed by atoms with E-state index in [1.807, 2.05) is 0 Å². The van der Waals surface area contributed by atoms with E-state index in [1.54, 1.807) is 22.0 Å². The fourth-order valence-corrected chi connectivity index (χ4v) is 1.47. The van der Waals surface area contributed by atoms with E-state index in [1.165, 1.54) is 12.8 Å². The van der Waals surface area contributed by atoms with Crippen LogP contribution >= 0.6 is 0 Å². The highest BCUT2D eigenvalue weighted by molar-refractivity contribution is 4.50. The minimum Gasteiger partial charge on any atom is -0.233 e. The molecule has 0 aromatic carbocycles. The summed E-state index contributed by atoms with van der Waals surface area (Å²) in [7, 11) is 0. The van der Waals surface area contributed by atoms with Gasteiger partial charge >= 0.3 is 0 Å². The lowest BCUT2D eigenvalue weighted by Crippen LogP contribution is -2.01. The van der Waals surface area contributed by atoms with Crippen molar-refractivity contribution in [1.29, 1.82) is 0 Å². The molecule has 0 saturated carbocycles. The molecule has 8 nitrogen and oxygen atoms in total. The summed E-state index contributed by atoms with van der Waals surface area (Å²) >= 11 is 0. The van der Waals surface area contributed by atoms with Gasteiger partial charge in [0.1, 0.15) is 12.7 Å². The van der Waals surface area contributed by atoms with Gasteiger partial charge in [-0.3, -0.25) is 0 Å². The Morgan fingerprint density at radius 3 is 1.56 bits per heavy atom. The maximum atomic E-state index is 3.80. The number of hydrogen-bond acceptors (Lipinski definition) is 6. The minimum absolute atomic E-state index is 0.887. The number of aryl methyl sites for hydroxylation is 2. The van der Waals surface area contributed by atoms with Gasteiger partial charge in [-0.25, -0.2) is 9.36 Å². The summed E-state index contributed by atoms with van der Waals surface area (Å²) < 4.78 is 3.50. The third kappa shape index (κ3) is 3.37. The van der Waals surface area contributed by atoms with Crippen LogP contribution in [0.25, 0.3) is 0 Å². The Bertz CT molecular complexity index is 328. The zero-order chi connectivity index (χ0) is 11.1. The van der Waals surface area contributed by atoms with Gasteiger partial charge in [-0.2, -0.15) is 0 Å². The van der Waals surface area contributed by atoms with Gasteiger partial charge in [0.2, 0.25) is 0 Å². The van der Waals surface area contributed by atoms with Crippen molar-refractivity contribution in [3.8, 4) is 0 Å². The van der Waals surface area contributed by atoms with Crippen molar-refractivity contribution in [2.24, 2.45) is 0 Å². The van der Waals surface area contributed by atoms with Gasteiger partial charge in [-0.1, -0.05) is 12.8 Å². The number of unbranched alkanes of at least 4 members (excludes halogenated alkanes) is 3. The molecule has 8 heteroatoms. The predicted octanol–water partition coefficient (Wildman–Crippen LogP) is -0.0798. The van der Waals surface area contributed by atoms with Crippen LogP contribution in [0.1, 0.15) is 25.7 Å². The Labute approximate surface area is 92.6 Å². The molecule has 0 saturated heterocycles. The molecule has 0 radical (unpaired) electrons. The summed E-state index contributed by atoms with van der Waals surface area (Å²) in [6, 6.07) is 0. The second kappa shape index (κ2) is 5.89. The largest absolute Gasteiger partial charge is 0.233 e. The van der Waals surface area contributed by atoms with Crippen LogP contribution in [0.4, 0.5) is 0 Å². The highest BCUT2D eigenvalue weighted by Gasteiger charge is 1.95. The Hall–Kier alpha value is -1.86. The fraction of sp³-hybridized carbons (Fsp3) is 0.750. The topological polar surface area (TPSA) is 87.2 Å². The molecular formula is C8H14N8. The van der Waals surface area contributed by atoms with Crippen molar-refractivity contribution in [2.45, 2.75) is 38.8 Å². The van der Waals surface area contributed by atoms with E-state index < -0.39 is 0 Å². The molecule has 0 spiro atoms. The Morgan fingerprint density at radius 1 is 0.688 bits per heavy atom. The quantitative estimate of drug-likeness (QED) is 0.609. The van der Waals surface area contributed by atoms with Crippen LogP contribution < -0.4 is 0 Å². The van der Waals surface area contributed by atoms with E-state index in [0.29, 0.717) is 0 Å². The van der Waals surface area contributed by atoms with Crippen molar-refractivity contribution in [3.05, 3.63) is 12.7 Å². The number of aromatic nitrogens is 8. The normalized spacial score (nSPS) is 10.8. The summed E-state index contributed by atoms with van der Waals surface area (Å²) in [5.74, 6) is 0. The first kappa shape index (κ1) is 10.7. The smallest absolute Gasteiger partial charge is 0.138 e. The molecule has 0 fully saturated rings. The van der Waals surface area contributed by atoms with Crippen LogP contribution in [0, 0.1) is 0 Å². The molecule has 0 amide bonds. The molecule has 16 heavy (non-hydrogen) atoms. The maximum Gasteiger partial charge on any atom is 0.138 e. The molecule has 0 unspecified atom stereocenters. The average Bonchev–Trinajstić information content (AvgIpc) is 2.96. The molecule has 2 heterocycles. The first-order valence-corrected chi connectivity index (χ1v) is 5.37. The number of hydrogen-bond donors (Lipinski definition) is 0. The van der Waals surface area contributed by atoms with Crippen molar-refractivity contribution in [1.82, 2.24) is 40.4 Å². The molecule has 0 atom stereocenters. The van der Waals surface area contributed by atoms with Gasteiger partial charge in [-0.05, 0) is 33.7 Å². The summed E-state index contributed by atoms with van der Waals surface area (Å²) in [5.41, 5.74) is 0. The lowest BCUT2D eigenvalue weighted by Gasteiger charge is -2.00. The van der Waals surface area contributed by atoms with Crippen molar-refractivity contribution >= 4 is 0 Å². The Balaban J connectivity index is 1.49. The van der Waals surface area contributed by atoms with Gasteiger partial charge in [-0.15, -0.1) is 10.2 Å². The molecule has 2 aromatic heterocycles. The van der Waals surface area contributed by atoms with Crippen molar-refractivity contribution < 1.29 is 0 Å². The molecule has 2 aromatic rings. The molecule has 0 aliphatic heterocycles. The maximum absolute atomic E-state index is 3.80. The van der Waals surface area contributed by atoms with Gasteiger partial charge in [0.25, 0.3) is 0 Å². The zero-order valence-corrected chi connectivity index (χ0v) is 8.98. The molecule has 86 valence electrons. The van der Waals surface area contributed by atoms with Gasteiger partial charge in [0, 0.05) is 13.1 Å². The summed E-state index contributed by atoms with van der Waals surface area (Å²) in [5, 5.41) is 21.9. The summed E-state index contributed by atoms with van der Waals surface area (Å²) in [4.78, 5) is 0. The van der Waals surface area contributed by atoms with E-state index >= 15 is 0 Å². The zero-order valence-electron chi connectivity index (χ0n) is 8.98. The summed E-state index contributed by atoms with van der Waals surface area (Å²) in [6.07, 6.45) is 7.81. The van der Waals surface area contributed by atoms with E-state index in [0.717, 1.165) is 25.9 Å². The second-order valence-electron chi connectivity index (χ2n) is 3.56. The third-order valence-electron chi connectivity index (χ3n) is 2.31. The second-order valence-corrected chi connectivity index (χ2v) is 3.56. The van der Waals surface area contributed by atoms with Gasteiger partial charge in [0.05, 0.1) is 0 Å². The SMILES string of the molecule is c1nnnn1CCCCCCn1cnnn1. The van der Waals surface area contributed by atoms with Crippen LogP contribution in [-0.2, 0) is 13.1 Å². The van der Waals surface area contributed by atoms with Crippen molar-refractivity contribution in [3.63, 3.8) is 0 Å². The monoisotopic (exact) mass is 222 g/mol. The van der Waals surface area contributed by atoms with E-state index in [4.69, 9.17) is 0 Å². The molecule has 0 aliphatic carbocycles. The fourth-order valence-electron chi connectivity index (χ4n) is 1.47. The van der Waals surface area contributed by atoms with E-state index in [9.17, 15) is 0 Å². The third-order valence-corrected chi connectivity index (χ3v) is 2.31. The van der Waals surface area contributed by atoms with E-state index in [2.05, 4.69) is 31.1 Å². The van der Waals surface area contributed by atoms with Gasteiger partial charge < -0.3 is 0 Å². The first-order chi connectivity index (χ1) is 7.95. The molecule has 0 aliphatic rings. The Morgan fingerprint density at radius 2 is 1.19 bits per heavy atom. The number of nitrogens with zero attached hydrogens (tertiary/aromatic N) is 8. The number of rotatable bonds is 7. The van der Waals surface area contributed by atoms with Crippen LogP contribution in [0.2, 0.25) is 0 Å². The average molecular weight is 222 g/mol. The Kier molecular flexibility index (Phi) is 3.92. The van der Waals surface area contributed by atoms with Crippen molar-refractivity contribution in [2.75, 3.05) is 0 Å². The minimum atomic E-state index is 0.887. The molecule has 0 bridgehead atoms. The van der Waals surface area contributed by atoms with Gasteiger partial charge in [0.15, 0.2) is 0 Å². The van der Waals surface area contributed by atoms with Crippen LogP contribution in [0.3, 0.4) is 0 Å². The number of tetrazole rings is 2. The van der Waals surface area contributed by atoms with Crippen LogP contribution in [0.15, 0.2) is 12.7 Å².